The van der Waals surface area contributed by atoms with E-state index < -0.39 is 6.10 Å². The molecule has 3 atom stereocenters. The second-order valence-electron chi connectivity index (χ2n) is 8.45. The largest absolute Gasteiger partial charge is 0.385 e. The summed E-state index contributed by atoms with van der Waals surface area (Å²) < 4.78 is 0. The van der Waals surface area contributed by atoms with Gasteiger partial charge in [0, 0.05) is 6.42 Å². The van der Waals surface area contributed by atoms with Crippen LogP contribution < -0.4 is 0 Å². The van der Waals surface area contributed by atoms with Crippen LogP contribution in [-0.2, 0) is 4.79 Å². The summed E-state index contributed by atoms with van der Waals surface area (Å²) in [4.78, 5) is 12.2. The van der Waals surface area contributed by atoms with Crippen LogP contribution in [0.25, 0.3) is 0 Å². The van der Waals surface area contributed by atoms with E-state index in [4.69, 9.17) is 0 Å². The summed E-state index contributed by atoms with van der Waals surface area (Å²) in [7, 11) is 0. The van der Waals surface area contributed by atoms with Gasteiger partial charge in [-0.15, -0.1) is 0 Å². The zero-order chi connectivity index (χ0) is 17.6. The first-order valence-electron chi connectivity index (χ1n) is 10.8. The topological polar surface area (TPSA) is 37.3 Å². The van der Waals surface area contributed by atoms with Crippen LogP contribution in [0.3, 0.4) is 0 Å². The van der Waals surface area contributed by atoms with Gasteiger partial charge in [-0.3, -0.25) is 4.79 Å². The van der Waals surface area contributed by atoms with Gasteiger partial charge in [0.25, 0.3) is 0 Å². The van der Waals surface area contributed by atoms with E-state index in [0.717, 1.165) is 12.8 Å². The fourth-order valence-electron chi connectivity index (χ4n) is 3.97. The van der Waals surface area contributed by atoms with Crippen molar-refractivity contribution in [2.24, 2.45) is 11.8 Å². The first-order chi connectivity index (χ1) is 11.6. The summed E-state index contributed by atoms with van der Waals surface area (Å²) in [6, 6.07) is 0. The molecule has 0 heterocycles. The molecule has 1 N–H and O–H groups in total. The van der Waals surface area contributed by atoms with Crippen LogP contribution in [0, 0.1) is 11.8 Å². The summed E-state index contributed by atoms with van der Waals surface area (Å²) in [5, 5.41) is 10.2. The van der Waals surface area contributed by atoms with Gasteiger partial charge in [0.1, 0.15) is 6.10 Å². The molecule has 1 rings (SSSR count). The molecule has 0 aromatic heterocycles. The van der Waals surface area contributed by atoms with Crippen molar-refractivity contribution in [3.05, 3.63) is 0 Å². The number of ketones is 1. The first kappa shape index (κ1) is 21.7. The molecule has 0 amide bonds. The normalized spacial score (nSPS) is 31.5. The maximum atomic E-state index is 12.2. The second-order valence-corrected chi connectivity index (χ2v) is 8.45. The van der Waals surface area contributed by atoms with Gasteiger partial charge in [-0.05, 0) is 18.3 Å². The Morgan fingerprint density at radius 2 is 1.04 bits per heavy atom. The lowest BCUT2D eigenvalue weighted by molar-refractivity contribution is -0.128. The minimum atomic E-state index is -0.729. The van der Waals surface area contributed by atoms with Crippen molar-refractivity contribution < 1.29 is 9.90 Å². The standard InChI is InChI=1S/C22H42O2/c1-19-15-13-11-9-7-5-3-4-6-8-10-12-14-16-20(2)18-22(24)21(23)17-19/h19-21,23H,3-18H2,1-2H3. The van der Waals surface area contributed by atoms with E-state index in [1.54, 1.807) is 0 Å². The van der Waals surface area contributed by atoms with Crippen molar-refractivity contribution in [3.8, 4) is 0 Å². The molecular weight excluding hydrogens is 296 g/mol. The molecular formula is C22H42O2. The second kappa shape index (κ2) is 13.9. The zero-order valence-corrected chi connectivity index (χ0v) is 16.4. The average Bonchev–Trinajstić information content (AvgIpc) is 2.54. The lowest BCUT2D eigenvalue weighted by Gasteiger charge is -2.18. The van der Waals surface area contributed by atoms with Crippen LogP contribution in [0.2, 0.25) is 0 Å². The lowest BCUT2D eigenvalue weighted by atomic mass is 9.90. The first-order valence-corrected chi connectivity index (χ1v) is 10.8. The van der Waals surface area contributed by atoms with Crippen LogP contribution in [0.5, 0.6) is 0 Å². The van der Waals surface area contributed by atoms with Crippen molar-refractivity contribution in [3.63, 3.8) is 0 Å². The van der Waals surface area contributed by atoms with E-state index in [-0.39, 0.29) is 5.78 Å². The Bertz CT molecular complexity index is 313. The van der Waals surface area contributed by atoms with Gasteiger partial charge in [-0.25, -0.2) is 0 Å². The molecule has 1 aliphatic rings. The summed E-state index contributed by atoms with van der Waals surface area (Å²) in [5.74, 6) is 0.960. The van der Waals surface area contributed by atoms with E-state index in [1.165, 1.54) is 77.0 Å². The quantitative estimate of drug-likeness (QED) is 0.551. The van der Waals surface area contributed by atoms with Crippen molar-refractivity contribution in [1.82, 2.24) is 0 Å². The van der Waals surface area contributed by atoms with E-state index in [2.05, 4.69) is 13.8 Å². The summed E-state index contributed by atoms with van der Waals surface area (Å²) >= 11 is 0. The molecule has 0 bridgehead atoms. The summed E-state index contributed by atoms with van der Waals surface area (Å²) in [5.41, 5.74) is 0. The Morgan fingerprint density at radius 1 is 0.667 bits per heavy atom. The van der Waals surface area contributed by atoms with Crippen LogP contribution >= 0.6 is 0 Å². The van der Waals surface area contributed by atoms with E-state index in [1.807, 2.05) is 0 Å². The van der Waals surface area contributed by atoms with E-state index in [0.29, 0.717) is 24.7 Å². The predicted molar refractivity (Wildman–Crippen MR) is 103 cm³/mol. The molecule has 1 saturated carbocycles. The number of rotatable bonds is 0. The van der Waals surface area contributed by atoms with Crippen LogP contribution in [0.15, 0.2) is 0 Å². The highest BCUT2D eigenvalue weighted by molar-refractivity contribution is 5.82. The fourth-order valence-corrected chi connectivity index (χ4v) is 3.97. The predicted octanol–water partition coefficient (Wildman–Crippen LogP) is 6.44. The SMILES string of the molecule is CC1CCCCCCCCCCCCCCC(C)CC(O)C(=O)C1. The van der Waals surface area contributed by atoms with Crippen molar-refractivity contribution in [1.29, 1.82) is 0 Å². The highest BCUT2D eigenvalue weighted by atomic mass is 16.3. The summed E-state index contributed by atoms with van der Waals surface area (Å²) in [6.07, 6.45) is 19.0. The molecule has 0 aromatic rings. The van der Waals surface area contributed by atoms with Gasteiger partial charge in [-0.1, -0.05) is 104 Å². The molecule has 0 spiro atoms. The van der Waals surface area contributed by atoms with E-state index in [9.17, 15) is 9.90 Å². The maximum Gasteiger partial charge on any atom is 0.161 e. The highest BCUT2D eigenvalue weighted by Crippen LogP contribution is 2.21. The fraction of sp³-hybridized carbons (Fsp3) is 0.955. The van der Waals surface area contributed by atoms with Crippen molar-refractivity contribution in [2.75, 3.05) is 0 Å². The molecule has 142 valence electrons. The molecule has 3 unspecified atom stereocenters. The van der Waals surface area contributed by atoms with Crippen LogP contribution in [0.1, 0.15) is 117 Å². The molecule has 2 nitrogen and oxygen atoms in total. The number of Topliss-reactive ketones (excluding diaryl/α,β-unsaturated/α-hetero) is 1. The Morgan fingerprint density at radius 3 is 1.50 bits per heavy atom. The molecule has 0 saturated heterocycles. The average molecular weight is 339 g/mol. The van der Waals surface area contributed by atoms with Gasteiger partial charge < -0.3 is 5.11 Å². The molecule has 24 heavy (non-hydrogen) atoms. The van der Waals surface area contributed by atoms with Crippen LogP contribution in [0.4, 0.5) is 0 Å². The number of hydrogen-bond donors (Lipinski definition) is 1. The Balaban J connectivity index is 2.35. The van der Waals surface area contributed by atoms with Gasteiger partial charge >= 0.3 is 0 Å². The van der Waals surface area contributed by atoms with Crippen LogP contribution in [-0.4, -0.2) is 17.0 Å². The molecule has 0 aliphatic heterocycles. The highest BCUT2D eigenvalue weighted by Gasteiger charge is 2.20. The van der Waals surface area contributed by atoms with Gasteiger partial charge in [0.2, 0.25) is 0 Å². The van der Waals surface area contributed by atoms with Gasteiger partial charge in [0.15, 0.2) is 5.78 Å². The molecule has 0 radical (unpaired) electrons. The van der Waals surface area contributed by atoms with Crippen molar-refractivity contribution in [2.45, 2.75) is 123 Å². The number of carbonyl (C=O) groups excluding carboxylic acids is 1. The number of hydrogen-bond acceptors (Lipinski definition) is 2. The Labute approximate surface area is 150 Å². The zero-order valence-electron chi connectivity index (χ0n) is 16.4. The summed E-state index contributed by atoms with van der Waals surface area (Å²) in [6.45, 7) is 4.35. The van der Waals surface area contributed by atoms with Gasteiger partial charge in [0.05, 0.1) is 0 Å². The Kier molecular flexibility index (Phi) is 12.5. The van der Waals surface area contributed by atoms with E-state index >= 15 is 0 Å². The molecule has 1 aliphatic carbocycles. The third kappa shape index (κ3) is 11.2. The lowest BCUT2D eigenvalue weighted by Crippen LogP contribution is -2.24. The third-order valence-electron chi connectivity index (χ3n) is 5.69. The minimum Gasteiger partial charge on any atom is -0.385 e. The number of aliphatic hydroxyl groups is 1. The third-order valence-corrected chi connectivity index (χ3v) is 5.69. The number of carbonyl (C=O) groups is 1. The monoisotopic (exact) mass is 338 g/mol. The smallest absolute Gasteiger partial charge is 0.161 e. The molecule has 1 fully saturated rings. The minimum absolute atomic E-state index is 0.0729. The van der Waals surface area contributed by atoms with Crippen molar-refractivity contribution >= 4 is 5.78 Å². The molecule has 2 heteroatoms. The van der Waals surface area contributed by atoms with Gasteiger partial charge in [-0.2, -0.15) is 0 Å². The Hall–Kier alpha value is -0.370. The number of aliphatic hydroxyl groups excluding tert-OH is 1. The maximum absolute atomic E-state index is 12.2. The molecule has 0 aromatic carbocycles.